The van der Waals surface area contributed by atoms with Gasteiger partial charge in [0.15, 0.2) is 0 Å². The molecule has 2 unspecified atom stereocenters. The summed E-state index contributed by atoms with van der Waals surface area (Å²) in [7, 11) is 2.13. The molecule has 1 saturated carbocycles. The third-order valence-corrected chi connectivity index (χ3v) is 4.43. The van der Waals surface area contributed by atoms with Crippen LogP contribution in [-0.4, -0.2) is 24.8 Å². The van der Waals surface area contributed by atoms with E-state index in [1.807, 2.05) is 0 Å². The second-order valence-electron chi connectivity index (χ2n) is 6.95. The van der Waals surface area contributed by atoms with Gasteiger partial charge in [-0.2, -0.15) is 0 Å². The first kappa shape index (κ1) is 14.4. The van der Waals surface area contributed by atoms with Gasteiger partial charge >= 0.3 is 0 Å². The lowest BCUT2D eigenvalue weighted by Crippen LogP contribution is -2.40. The van der Waals surface area contributed by atoms with Gasteiger partial charge < -0.3 is 10.0 Å². The minimum Gasteiger partial charge on any atom is -0.393 e. The molecule has 19 heavy (non-hydrogen) atoms. The van der Waals surface area contributed by atoms with Gasteiger partial charge in [-0.05, 0) is 49.3 Å². The van der Waals surface area contributed by atoms with E-state index in [1.165, 1.54) is 11.3 Å². The van der Waals surface area contributed by atoms with Crippen molar-refractivity contribution in [3.05, 3.63) is 29.8 Å². The van der Waals surface area contributed by atoms with Crippen molar-refractivity contribution < 1.29 is 5.11 Å². The van der Waals surface area contributed by atoms with E-state index in [0.717, 1.165) is 25.8 Å². The number of aliphatic hydroxyl groups excluding tert-OH is 1. The lowest BCUT2D eigenvalue weighted by molar-refractivity contribution is 0.0254. The summed E-state index contributed by atoms with van der Waals surface area (Å²) in [5, 5.41) is 10.2. The third-order valence-electron chi connectivity index (χ3n) is 4.43. The summed E-state index contributed by atoms with van der Waals surface area (Å²) in [6.45, 7) is 7.70. The Balaban J connectivity index is 2.03. The predicted molar refractivity (Wildman–Crippen MR) is 81.6 cm³/mol. The van der Waals surface area contributed by atoms with E-state index >= 15 is 0 Å². The molecule has 0 aromatic heterocycles. The molecule has 1 fully saturated rings. The van der Waals surface area contributed by atoms with Gasteiger partial charge in [0.1, 0.15) is 0 Å². The van der Waals surface area contributed by atoms with E-state index in [0.29, 0.717) is 11.3 Å². The average Bonchev–Trinajstić information content (AvgIpc) is 2.33. The Labute approximate surface area is 117 Å². The number of aryl methyl sites for hydroxylation is 1. The number of rotatable bonds is 3. The number of hydrogen-bond donors (Lipinski definition) is 1. The molecule has 1 aliphatic carbocycles. The van der Waals surface area contributed by atoms with Gasteiger partial charge in [0, 0.05) is 25.2 Å². The molecule has 0 aliphatic heterocycles. The maximum atomic E-state index is 10.2. The molecule has 2 atom stereocenters. The summed E-state index contributed by atoms with van der Waals surface area (Å²) >= 11 is 0. The van der Waals surface area contributed by atoms with Gasteiger partial charge in [0.05, 0.1) is 6.10 Å². The smallest absolute Gasteiger partial charge is 0.0585 e. The van der Waals surface area contributed by atoms with Crippen molar-refractivity contribution in [3.8, 4) is 0 Å². The molecular weight excluding hydrogens is 234 g/mol. The monoisotopic (exact) mass is 261 g/mol. The summed E-state index contributed by atoms with van der Waals surface area (Å²) < 4.78 is 0. The summed E-state index contributed by atoms with van der Waals surface area (Å²) in [5.41, 5.74) is 2.90. The van der Waals surface area contributed by atoms with Crippen LogP contribution in [0.4, 0.5) is 5.69 Å². The van der Waals surface area contributed by atoms with E-state index < -0.39 is 0 Å². The summed E-state index contributed by atoms with van der Waals surface area (Å²) in [6, 6.07) is 8.58. The van der Waals surface area contributed by atoms with Crippen LogP contribution in [-0.2, 0) is 0 Å². The highest BCUT2D eigenvalue weighted by Gasteiger charge is 2.34. The van der Waals surface area contributed by atoms with Crippen molar-refractivity contribution in [2.45, 2.75) is 46.1 Å². The fourth-order valence-electron chi connectivity index (χ4n) is 3.23. The van der Waals surface area contributed by atoms with Crippen molar-refractivity contribution in [3.63, 3.8) is 0 Å². The minimum atomic E-state index is -0.139. The van der Waals surface area contributed by atoms with Gasteiger partial charge in [0.25, 0.3) is 0 Å². The molecule has 1 N–H and O–H groups in total. The van der Waals surface area contributed by atoms with Crippen LogP contribution in [0.1, 0.15) is 38.7 Å². The molecule has 2 heteroatoms. The second kappa shape index (κ2) is 5.54. The molecule has 0 bridgehead atoms. The third kappa shape index (κ3) is 3.73. The van der Waals surface area contributed by atoms with E-state index in [-0.39, 0.29) is 6.10 Å². The predicted octanol–water partition coefficient (Wildman–Crippen LogP) is 3.62. The molecule has 106 valence electrons. The zero-order valence-electron chi connectivity index (χ0n) is 12.7. The Hall–Kier alpha value is -1.02. The van der Waals surface area contributed by atoms with Crippen molar-refractivity contribution in [1.82, 2.24) is 0 Å². The minimum absolute atomic E-state index is 0.139. The zero-order chi connectivity index (χ0) is 14.0. The van der Waals surface area contributed by atoms with Gasteiger partial charge in [-0.25, -0.2) is 0 Å². The standard InChI is InChI=1S/C17H27NO/c1-13-6-5-7-15(10-13)18(4)12-14-11-17(2,3)9-8-16(14)19/h5-7,10,14,16,19H,8-9,11-12H2,1-4H3. The highest BCUT2D eigenvalue weighted by Crippen LogP contribution is 2.39. The Bertz CT molecular complexity index is 427. The SMILES string of the molecule is Cc1cccc(N(C)CC2CC(C)(C)CCC2O)c1. The van der Waals surface area contributed by atoms with Crippen LogP contribution in [0, 0.1) is 18.3 Å². The molecule has 1 aromatic carbocycles. The number of hydrogen-bond acceptors (Lipinski definition) is 2. The van der Waals surface area contributed by atoms with Crippen molar-refractivity contribution in [2.24, 2.45) is 11.3 Å². The summed E-state index contributed by atoms with van der Waals surface area (Å²) in [5.74, 6) is 0.384. The van der Waals surface area contributed by atoms with E-state index in [9.17, 15) is 5.11 Å². The number of aliphatic hydroxyl groups is 1. The van der Waals surface area contributed by atoms with Crippen LogP contribution in [0.25, 0.3) is 0 Å². The highest BCUT2D eigenvalue weighted by molar-refractivity contribution is 5.47. The molecule has 0 amide bonds. The van der Waals surface area contributed by atoms with Crippen molar-refractivity contribution in [1.29, 1.82) is 0 Å². The molecule has 0 heterocycles. The van der Waals surface area contributed by atoms with Crippen LogP contribution in [0.15, 0.2) is 24.3 Å². The molecule has 1 aliphatic rings. The van der Waals surface area contributed by atoms with Crippen molar-refractivity contribution in [2.75, 3.05) is 18.5 Å². The quantitative estimate of drug-likeness (QED) is 0.898. The van der Waals surface area contributed by atoms with E-state index in [1.54, 1.807) is 0 Å². The Morgan fingerprint density at radius 3 is 2.79 bits per heavy atom. The number of benzene rings is 1. The summed E-state index contributed by atoms with van der Waals surface area (Å²) in [6.07, 6.45) is 3.06. The Morgan fingerprint density at radius 1 is 1.37 bits per heavy atom. The van der Waals surface area contributed by atoms with Crippen LogP contribution in [0.5, 0.6) is 0 Å². The fourth-order valence-corrected chi connectivity index (χ4v) is 3.23. The maximum Gasteiger partial charge on any atom is 0.0585 e. The zero-order valence-corrected chi connectivity index (χ0v) is 12.7. The number of anilines is 1. The normalized spacial score (nSPS) is 26.2. The lowest BCUT2D eigenvalue weighted by atomic mass is 9.71. The Morgan fingerprint density at radius 2 is 2.11 bits per heavy atom. The van der Waals surface area contributed by atoms with Gasteiger partial charge in [-0.15, -0.1) is 0 Å². The van der Waals surface area contributed by atoms with Crippen LogP contribution in [0.2, 0.25) is 0 Å². The largest absolute Gasteiger partial charge is 0.393 e. The average molecular weight is 261 g/mol. The van der Waals surface area contributed by atoms with Crippen molar-refractivity contribution >= 4 is 5.69 Å². The molecule has 2 nitrogen and oxygen atoms in total. The first-order valence-corrected chi connectivity index (χ1v) is 7.33. The van der Waals surface area contributed by atoms with E-state index in [4.69, 9.17) is 0 Å². The molecule has 0 spiro atoms. The fraction of sp³-hybridized carbons (Fsp3) is 0.647. The maximum absolute atomic E-state index is 10.2. The molecule has 2 rings (SSSR count). The van der Waals surface area contributed by atoms with E-state index in [2.05, 4.69) is 57.0 Å². The second-order valence-corrected chi connectivity index (χ2v) is 6.95. The van der Waals surface area contributed by atoms with Gasteiger partial charge in [-0.3, -0.25) is 0 Å². The summed E-state index contributed by atoms with van der Waals surface area (Å²) in [4.78, 5) is 2.28. The van der Waals surface area contributed by atoms with Gasteiger partial charge in [0.2, 0.25) is 0 Å². The molecule has 0 radical (unpaired) electrons. The number of nitrogens with zero attached hydrogens (tertiary/aromatic N) is 1. The molecular formula is C17H27NO. The molecule has 1 aromatic rings. The van der Waals surface area contributed by atoms with Gasteiger partial charge in [-0.1, -0.05) is 26.0 Å². The lowest BCUT2D eigenvalue weighted by Gasteiger charge is -2.40. The van der Waals surface area contributed by atoms with Crippen LogP contribution < -0.4 is 4.90 Å². The first-order chi connectivity index (χ1) is 8.87. The van der Waals surface area contributed by atoms with Crippen LogP contribution >= 0.6 is 0 Å². The first-order valence-electron chi connectivity index (χ1n) is 7.33. The highest BCUT2D eigenvalue weighted by atomic mass is 16.3. The Kier molecular flexibility index (Phi) is 4.19. The topological polar surface area (TPSA) is 23.5 Å². The van der Waals surface area contributed by atoms with Crippen LogP contribution in [0.3, 0.4) is 0 Å². The molecule has 0 saturated heterocycles.